The Morgan fingerprint density at radius 3 is 1.37 bits per heavy atom. The molecule has 0 amide bonds. The first-order valence-corrected chi connectivity index (χ1v) is 10.7. The van der Waals surface area contributed by atoms with Gasteiger partial charge in [0.05, 0.1) is 0 Å². The van der Waals surface area contributed by atoms with Crippen LogP contribution in [0.15, 0.2) is 60.7 Å². The molecule has 0 aliphatic heterocycles. The largest absolute Gasteiger partial charge is 0.504 e. The number of hydrogen-bond donors (Lipinski definition) is 1. The lowest BCUT2D eigenvalue weighted by molar-refractivity contribution is 0.377. The van der Waals surface area contributed by atoms with Gasteiger partial charge in [0.1, 0.15) is 11.5 Å². The lowest BCUT2D eigenvalue weighted by Crippen LogP contribution is -1.98. The molecule has 0 aromatic heterocycles. The normalized spacial score (nSPS) is 11.4. The Kier molecular flexibility index (Phi) is 6.71. The first kappa shape index (κ1) is 21.8. The quantitative estimate of drug-likeness (QED) is 0.430. The molecule has 0 atom stereocenters. The maximum atomic E-state index is 10.6. The van der Waals surface area contributed by atoms with Gasteiger partial charge < -0.3 is 14.6 Å². The lowest BCUT2D eigenvalue weighted by Gasteiger charge is -2.19. The van der Waals surface area contributed by atoms with Crippen molar-refractivity contribution in [3.63, 3.8) is 0 Å². The monoisotopic (exact) mass is 404 g/mol. The Bertz CT molecular complexity index is 968. The number of phenolic OH excluding ortho intramolecular Hbond substituents is 1. The van der Waals surface area contributed by atoms with Gasteiger partial charge in [-0.25, -0.2) is 0 Å². The summed E-state index contributed by atoms with van der Waals surface area (Å²) in [4.78, 5) is 0. The highest BCUT2D eigenvalue weighted by molar-refractivity contribution is 5.59. The van der Waals surface area contributed by atoms with E-state index in [9.17, 15) is 5.11 Å². The van der Waals surface area contributed by atoms with Crippen molar-refractivity contribution < 1.29 is 14.6 Å². The second kappa shape index (κ2) is 9.25. The maximum absolute atomic E-state index is 10.6. The van der Waals surface area contributed by atoms with Crippen molar-refractivity contribution >= 4 is 0 Å². The molecule has 0 bridgehead atoms. The van der Waals surface area contributed by atoms with Crippen LogP contribution in [0.4, 0.5) is 0 Å². The molecule has 3 heteroatoms. The smallest absolute Gasteiger partial charge is 0.211 e. The fourth-order valence-corrected chi connectivity index (χ4v) is 3.30. The number of benzene rings is 3. The second-order valence-electron chi connectivity index (χ2n) is 8.64. The molecule has 3 aromatic carbocycles. The molecule has 0 heterocycles. The minimum absolute atomic E-state index is 0.0566. The van der Waals surface area contributed by atoms with E-state index < -0.39 is 0 Å². The van der Waals surface area contributed by atoms with E-state index in [2.05, 4.69) is 65.8 Å². The summed E-state index contributed by atoms with van der Waals surface area (Å²) in [6, 6.07) is 19.6. The van der Waals surface area contributed by atoms with E-state index in [1.54, 1.807) is 6.07 Å². The highest BCUT2D eigenvalue weighted by atomic mass is 16.5. The van der Waals surface area contributed by atoms with Crippen LogP contribution in [-0.2, 0) is 0 Å². The molecule has 3 aromatic rings. The highest BCUT2D eigenvalue weighted by Gasteiger charge is 2.20. The van der Waals surface area contributed by atoms with Crippen LogP contribution >= 0.6 is 0 Å². The van der Waals surface area contributed by atoms with Crippen LogP contribution in [0.25, 0.3) is 0 Å². The Morgan fingerprint density at radius 2 is 0.967 bits per heavy atom. The van der Waals surface area contributed by atoms with Gasteiger partial charge in [-0.2, -0.15) is 0 Å². The molecule has 0 fully saturated rings. The lowest BCUT2D eigenvalue weighted by atomic mass is 10.0. The summed E-state index contributed by atoms with van der Waals surface area (Å²) in [5, 5.41) is 10.6. The summed E-state index contributed by atoms with van der Waals surface area (Å²) in [7, 11) is 0. The summed E-state index contributed by atoms with van der Waals surface area (Å²) in [5.41, 5.74) is 3.47. The van der Waals surface area contributed by atoms with E-state index in [1.165, 1.54) is 11.1 Å². The Morgan fingerprint density at radius 1 is 0.533 bits per heavy atom. The molecule has 30 heavy (non-hydrogen) atoms. The third-order valence-electron chi connectivity index (χ3n) is 5.28. The highest BCUT2D eigenvalue weighted by Crippen LogP contribution is 2.46. The average molecular weight is 405 g/mol. The minimum Gasteiger partial charge on any atom is -0.504 e. The van der Waals surface area contributed by atoms with Crippen molar-refractivity contribution in [1.82, 2.24) is 0 Å². The average Bonchev–Trinajstić information content (AvgIpc) is 2.71. The Labute approximate surface area is 180 Å². The van der Waals surface area contributed by atoms with Gasteiger partial charge in [0.15, 0.2) is 11.5 Å². The third-order valence-corrected chi connectivity index (χ3v) is 5.28. The molecule has 0 aliphatic carbocycles. The molecule has 3 rings (SSSR count). The summed E-state index contributed by atoms with van der Waals surface area (Å²) in [6.45, 7) is 12.8. The van der Waals surface area contributed by atoms with E-state index in [0.717, 1.165) is 5.56 Å². The van der Waals surface area contributed by atoms with Crippen LogP contribution in [0.2, 0.25) is 0 Å². The number of ether oxygens (including phenoxy) is 2. The van der Waals surface area contributed by atoms with Crippen LogP contribution in [0, 0.1) is 0 Å². The molecule has 0 aliphatic rings. The summed E-state index contributed by atoms with van der Waals surface area (Å²) in [6.07, 6.45) is 0. The zero-order chi connectivity index (χ0) is 21.8. The van der Waals surface area contributed by atoms with Crippen molar-refractivity contribution in [3.8, 4) is 28.7 Å². The molecule has 158 valence electrons. The fraction of sp³-hybridized carbons (Fsp3) is 0.333. The van der Waals surface area contributed by atoms with E-state index in [1.807, 2.05) is 30.3 Å². The van der Waals surface area contributed by atoms with E-state index in [4.69, 9.17) is 9.47 Å². The number of hydrogen-bond acceptors (Lipinski definition) is 3. The summed E-state index contributed by atoms with van der Waals surface area (Å²) >= 11 is 0. The van der Waals surface area contributed by atoms with Gasteiger partial charge in [0.25, 0.3) is 0 Å². The summed E-state index contributed by atoms with van der Waals surface area (Å²) < 4.78 is 12.4. The van der Waals surface area contributed by atoms with Crippen LogP contribution in [0.3, 0.4) is 0 Å². The number of rotatable bonds is 7. The molecule has 1 N–H and O–H groups in total. The molecular weight excluding hydrogens is 372 g/mol. The zero-order valence-corrected chi connectivity index (χ0v) is 18.8. The molecule has 0 saturated heterocycles. The zero-order valence-electron chi connectivity index (χ0n) is 18.8. The van der Waals surface area contributed by atoms with Crippen LogP contribution in [0.1, 0.15) is 76.0 Å². The summed E-state index contributed by atoms with van der Waals surface area (Å²) in [5.74, 6) is 3.44. The second-order valence-corrected chi connectivity index (χ2v) is 8.64. The van der Waals surface area contributed by atoms with Gasteiger partial charge in [-0.3, -0.25) is 0 Å². The van der Waals surface area contributed by atoms with E-state index in [0.29, 0.717) is 34.8 Å². The predicted octanol–water partition coefficient (Wildman–Crippen LogP) is 8.35. The van der Waals surface area contributed by atoms with Crippen molar-refractivity contribution in [3.05, 3.63) is 77.4 Å². The Balaban J connectivity index is 1.98. The minimum atomic E-state index is 0.0566. The van der Waals surface area contributed by atoms with Crippen molar-refractivity contribution in [2.45, 2.75) is 59.3 Å². The maximum Gasteiger partial charge on any atom is 0.211 e. The molecular formula is C27H32O3. The van der Waals surface area contributed by atoms with Crippen molar-refractivity contribution in [2.75, 3.05) is 0 Å². The van der Waals surface area contributed by atoms with Gasteiger partial charge in [-0.1, -0.05) is 71.9 Å². The van der Waals surface area contributed by atoms with Crippen LogP contribution in [0.5, 0.6) is 28.7 Å². The fourth-order valence-electron chi connectivity index (χ4n) is 3.30. The van der Waals surface area contributed by atoms with Crippen LogP contribution < -0.4 is 9.47 Å². The van der Waals surface area contributed by atoms with Gasteiger partial charge in [-0.15, -0.1) is 0 Å². The molecule has 0 radical (unpaired) electrons. The van der Waals surface area contributed by atoms with E-state index in [-0.39, 0.29) is 11.7 Å². The number of aromatic hydroxyl groups is 1. The van der Waals surface area contributed by atoms with Crippen molar-refractivity contribution in [1.29, 1.82) is 0 Å². The topological polar surface area (TPSA) is 38.7 Å². The van der Waals surface area contributed by atoms with Crippen LogP contribution in [-0.4, -0.2) is 5.11 Å². The first-order valence-electron chi connectivity index (χ1n) is 10.7. The molecule has 0 saturated carbocycles. The SMILES string of the molecule is CC(C)c1ccc(Oc2c(O)ccc(C(C)C)c2Oc2ccc(C(C)C)cc2)cc1. The van der Waals surface area contributed by atoms with Gasteiger partial charge in [-0.05, 0) is 59.2 Å². The molecule has 0 spiro atoms. The van der Waals surface area contributed by atoms with Gasteiger partial charge in [0.2, 0.25) is 5.75 Å². The van der Waals surface area contributed by atoms with Gasteiger partial charge in [0, 0.05) is 5.56 Å². The van der Waals surface area contributed by atoms with E-state index >= 15 is 0 Å². The molecule has 0 unspecified atom stereocenters. The third kappa shape index (κ3) is 4.96. The Hall–Kier alpha value is -2.94. The van der Waals surface area contributed by atoms with Crippen molar-refractivity contribution in [2.24, 2.45) is 0 Å². The van der Waals surface area contributed by atoms with Gasteiger partial charge >= 0.3 is 0 Å². The molecule has 3 nitrogen and oxygen atoms in total. The number of phenols is 1. The predicted molar refractivity (Wildman–Crippen MR) is 123 cm³/mol. The first-order chi connectivity index (χ1) is 14.3. The standard InChI is InChI=1S/C27H32O3/c1-17(2)20-7-11-22(12-8-20)29-26-24(19(5)6)15-16-25(28)27(26)30-23-13-9-21(10-14-23)18(3)4/h7-19,28H,1-6H3.